The number of aromatic hydroxyl groups is 1. The van der Waals surface area contributed by atoms with Crippen LogP contribution in [0.3, 0.4) is 0 Å². The largest absolute Gasteiger partial charge is 0.494 e. The highest BCUT2D eigenvalue weighted by molar-refractivity contribution is 5.89. The van der Waals surface area contributed by atoms with E-state index in [0.717, 1.165) is 16.6 Å². The van der Waals surface area contributed by atoms with Gasteiger partial charge in [0.25, 0.3) is 0 Å². The second-order valence-corrected chi connectivity index (χ2v) is 3.42. The zero-order valence-corrected chi connectivity index (χ0v) is 8.90. The maximum Gasteiger partial charge on any atom is 0.314 e. The van der Waals surface area contributed by atoms with E-state index in [1.165, 1.54) is 0 Å². The van der Waals surface area contributed by atoms with Crippen LogP contribution in [0.1, 0.15) is 11.3 Å². The Morgan fingerprint density at radius 2 is 1.93 bits per heavy atom. The SMILES string of the molecule is COc1ccc(C)c2c(C)nc(O)nc12. The van der Waals surface area contributed by atoms with Gasteiger partial charge >= 0.3 is 6.01 Å². The lowest BCUT2D eigenvalue weighted by Crippen LogP contribution is -1.94. The predicted molar refractivity (Wildman–Crippen MR) is 57.2 cm³/mol. The fourth-order valence-corrected chi connectivity index (χ4v) is 1.74. The third-order valence-corrected chi connectivity index (χ3v) is 2.41. The Morgan fingerprint density at radius 3 is 2.60 bits per heavy atom. The number of rotatable bonds is 1. The van der Waals surface area contributed by atoms with E-state index in [9.17, 15) is 5.11 Å². The number of hydrogen-bond acceptors (Lipinski definition) is 4. The molecule has 78 valence electrons. The summed E-state index contributed by atoms with van der Waals surface area (Å²) in [5.41, 5.74) is 2.49. The third-order valence-electron chi connectivity index (χ3n) is 2.41. The van der Waals surface area contributed by atoms with Crippen LogP contribution in [-0.2, 0) is 0 Å². The minimum absolute atomic E-state index is 0.219. The Hall–Kier alpha value is -1.84. The summed E-state index contributed by atoms with van der Waals surface area (Å²) < 4.78 is 5.19. The molecule has 1 aromatic heterocycles. The highest BCUT2D eigenvalue weighted by Gasteiger charge is 2.10. The summed E-state index contributed by atoms with van der Waals surface area (Å²) in [6, 6.07) is 3.57. The lowest BCUT2D eigenvalue weighted by molar-refractivity contribution is 0.413. The first kappa shape index (κ1) is 9.71. The first-order valence-electron chi connectivity index (χ1n) is 4.64. The number of fused-ring (bicyclic) bond motifs is 1. The van der Waals surface area contributed by atoms with Gasteiger partial charge in [0, 0.05) is 5.39 Å². The predicted octanol–water partition coefficient (Wildman–Crippen LogP) is 1.96. The van der Waals surface area contributed by atoms with Crippen LogP contribution in [0.2, 0.25) is 0 Å². The third kappa shape index (κ3) is 1.48. The van der Waals surface area contributed by atoms with Gasteiger partial charge < -0.3 is 9.84 Å². The molecule has 0 unspecified atom stereocenters. The summed E-state index contributed by atoms with van der Waals surface area (Å²) in [5, 5.41) is 10.3. The van der Waals surface area contributed by atoms with Crippen LogP contribution in [0.15, 0.2) is 12.1 Å². The summed E-state index contributed by atoms with van der Waals surface area (Å²) in [4.78, 5) is 7.91. The molecular weight excluding hydrogens is 192 g/mol. The first-order chi connectivity index (χ1) is 7.13. The number of methoxy groups -OCH3 is 1. The van der Waals surface area contributed by atoms with Crippen molar-refractivity contribution in [1.82, 2.24) is 9.97 Å². The molecule has 0 aliphatic carbocycles. The van der Waals surface area contributed by atoms with Gasteiger partial charge in [-0.2, -0.15) is 4.98 Å². The summed E-state index contributed by atoms with van der Waals surface area (Å²) in [6.45, 7) is 3.82. The van der Waals surface area contributed by atoms with Crippen molar-refractivity contribution in [3.63, 3.8) is 0 Å². The number of aromatic nitrogens is 2. The molecule has 2 rings (SSSR count). The van der Waals surface area contributed by atoms with Gasteiger partial charge in [0.2, 0.25) is 0 Å². The minimum atomic E-state index is -0.219. The molecule has 0 saturated heterocycles. The van der Waals surface area contributed by atoms with E-state index < -0.39 is 0 Å². The number of ether oxygens (including phenoxy) is 1. The van der Waals surface area contributed by atoms with E-state index in [4.69, 9.17) is 4.74 Å². The quantitative estimate of drug-likeness (QED) is 0.771. The van der Waals surface area contributed by atoms with E-state index in [1.54, 1.807) is 7.11 Å². The van der Waals surface area contributed by atoms with Crippen molar-refractivity contribution in [3.8, 4) is 11.8 Å². The molecule has 0 bridgehead atoms. The molecule has 4 heteroatoms. The van der Waals surface area contributed by atoms with Crippen molar-refractivity contribution >= 4 is 10.9 Å². The van der Waals surface area contributed by atoms with Crippen LogP contribution in [0.25, 0.3) is 10.9 Å². The van der Waals surface area contributed by atoms with Gasteiger partial charge in [-0.3, -0.25) is 0 Å². The Bertz CT molecular complexity index is 523. The summed E-state index contributed by atoms with van der Waals surface area (Å²) >= 11 is 0. The normalized spacial score (nSPS) is 10.6. The van der Waals surface area contributed by atoms with Crippen molar-refractivity contribution in [2.24, 2.45) is 0 Å². The van der Waals surface area contributed by atoms with Crippen molar-refractivity contribution in [3.05, 3.63) is 23.4 Å². The fraction of sp³-hybridized carbons (Fsp3) is 0.273. The smallest absolute Gasteiger partial charge is 0.314 e. The summed E-state index contributed by atoms with van der Waals surface area (Å²) in [7, 11) is 1.58. The maximum atomic E-state index is 9.34. The lowest BCUT2D eigenvalue weighted by Gasteiger charge is -2.08. The Balaban J connectivity index is 2.93. The number of hydrogen-bond donors (Lipinski definition) is 1. The van der Waals surface area contributed by atoms with Crippen LogP contribution >= 0.6 is 0 Å². The zero-order valence-electron chi connectivity index (χ0n) is 8.90. The van der Waals surface area contributed by atoms with E-state index in [1.807, 2.05) is 26.0 Å². The molecule has 0 spiro atoms. The van der Waals surface area contributed by atoms with Gasteiger partial charge in [-0.05, 0) is 25.5 Å². The van der Waals surface area contributed by atoms with E-state index in [-0.39, 0.29) is 6.01 Å². The average Bonchev–Trinajstić information content (AvgIpc) is 2.17. The Labute approximate surface area is 87.6 Å². The maximum absolute atomic E-state index is 9.34. The second-order valence-electron chi connectivity index (χ2n) is 3.42. The molecule has 0 atom stereocenters. The lowest BCUT2D eigenvalue weighted by atomic mass is 10.1. The Kier molecular flexibility index (Phi) is 2.19. The number of aryl methyl sites for hydroxylation is 2. The van der Waals surface area contributed by atoms with Gasteiger partial charge in [0.1, 0.15) is 11.3 Å². The number of benzene rings is 1. The molecule has 4 nitrogen and oxygen atoms in total. The highest BCUT2D eigenvalue weighted by Crippen LogP contribution is 2.29. The molecule has 0 amide bonds. The zero-order chi connectivity index (χ0) is 11.0. The van der Waals surface area contributed by atoms with Gasteiger partial charge in [0.15, 0.2) is 0 Å². The van der Waals surface area contributed by atoms with E-state index in [2.05, 4.69) is 9.97 Å². The second kappa shape index (κ2) is 3.38. The van der Waals surface area contributed by atoms with E-state index >= 15 is 0 Å². The molecule has 0 saturated carbocycles. The van der Waals surface area contributed by atoms with Crippen molar-refractivity contribution < 1.29 is 9.84 Å². The fourth-order valence-electron chi connectivity index (χ4n) is 1.74. The van der Waals surface area contributed by atoms with Crippen molar-refractivity contribution in [1.29, 1.82) is 0 Å². The summed E-state index contributed by atoms with van der Waals surface area (Å²) in [5.74, 6) is 0.649. The molecule has 15 heavy (non-hydrogen) atoms. The number of nitrogens with zero attached hydrogens (tertiary/aromatic N) is 2. The molecule has 1 N–H and O–H groups in total. The van der Waals surface area contributed by atoms with Gasteiger partial charge in [-0.25, -0.2) is 4.98 Å². The molecule has 1 aromatic carbocycles. The van der Waals surface area contributed by atoms with Crippen LogP contribution < -0.4 is 4.74 Å². The molecule has 0 aliphatic rings. The minimum Gasteiger partial charge on any atom is -0.494 e. The first-order valence-corrected chi connectivity index (χ1v) is 4.64. The molecule has 0 fully saturated rings. The Morgan fingerprint density at radius 1 is 1.20 bits per heavy atom. The van der Waals surface area contributed by atoms with Crippen LogP contribution in [-0.4, -0.2) is 22.2 Å². The van der Waals surface area contributed by atoms with E-state index in [0.29, 0.717) is 11.3 Å². The van der Waals surface area contributed by atoms with Gasteiger partial charge in [0.05, 0.1) is 12.8 Å². The molecule has 0 aliphatic heterocycles. The van der Waals surface area contributed by atoms with Crippen LogP contribution in [0.4, 0.5) is 0 Å². The molecule has 2 aromatic rings. The summed E-state index contributed by atoms with van der Waals surface area (Å²) in [6.07, 6.45) is 0. The molecule has 0 radical (unpaired) electrons. The average molecular weight is 204 g/mol. The highest BCUT2D eigenvalue weighted by atomic mass is 16.5. The molecule has 1 heterocycles. The van der Waals surface area contributed by atoms with Crippen LogP contribution in [0, 0.1) is 13.8 Å². The van der Waals surface area contributed by atoms with Crippen molar-refractivity contribution in [2.45, 2.75) is 13.8 Å². The van der Waals surface area contributed by atoms with Gasteiger partial charge in [-0.1, -0.05) is 6.07 Å². The monoisotopic (exact) mass is 204 g/mol. The van der Waals surface area contributed by atoms with Gasteiger partial charge in [-0.15, -0.1) is 0 Å². The molecular formula is C11H12N2O2. The standard InChI is InChI=1S/C11H12N2O2/c1-6-4-5-8(15-3)10-9(6)7(2)12-11(14)13-10/h4-5H,1-3H3,(H,12,13,14). The van der Waals surface area contributed by atoms with Crippen LogP contribution in [0.5, 0.6) is 11.8 Å². The van der Waals surface area contributed by atoms with Crippen molar-refractivity contribution in [2.75, 3.05) is 7.11 Å². The topological polar surface area (TPSA) is 55.2 Å².